The molecule has 0 aliphatic heterocycles. The van der Waals surface area contributed by atoms with E-state index in [4.69, 9.17) is 0 Å². The molecule has 3 rings (SSSR count). The quantitative estimate of drug-likeness (QED) is 0.0832. The molecule has 3 aromatic carbocycles. The Labute approximate surface area is 315 Å². The number of carbonyl (C=O) groups excluding carboxylic acids is 4. The third kappa shape index (κ3) is 14.6. The van der Waals surface area contributed by atoms with E-state index in [0.717, 1.165) is 34.7 Å². The normalized spacial score (nSPS) is 14.9. The molecular formula is C43H62N4O6. The monoisotopic (exact) mass is 730 g/mol. The van der Waals surface area contributed by atoms with Crippen LogP contribution in [0, 0.1) is 17.8 Å². The zero-order valence-corrected chi connectivity index (χ0v) is 32.4. The topological polar surface area (TPSA) is 157 Å². The first-order chi connectivity index (χ1) is 25.3. The van der Waals surface area contributed by atoms with Crippen molar-refractivity contribution < 1.29 is 29.4 Å². The van der Waals surface area contributed by atoms with E-state index in [-0.39, 0.29) is 49.5 Å². The van der Waals surface area contributed by atoms with Crippen molar-refractivity contribution in [3.63, 3.8) is 0 Å². The zero-order valence-electron chi connectivity index (χ0n) is 32.4. The van der Waals surface area contributed by atoms with E-state index in [1.165, 1.54) is 0 Å². The molecule has 290 valence electrons. The minimum absolute atomic E-state index is 0.0327. The van der Waals surface area contributed by atoms with E-state index < -0.39 is 48.0 Å². The number of hydrogen-bond donors (Lipinski definition) is 6. The number of fused-ring (bicyclic) bond motifs is 1. The number of nitrogens with one attached hydrogen (secondary N) is 4. The second kappa shape index (κ2) is 22.1. The molecule has 0 heterocycles. The SMILES string of the molecule is CC[C@H](C)[C@@H](CO)NC(=O)C[C@H](O)[C@H](CC(C)C)NC(=O)[C@H](CC(C)C)NC(=O)[C@H](Cc1cccc2ccccc12)NC(=O)CCCc1ccccc1. The van der Waals surface area contributed by atoms with Gasteiger partial charge in [-0.1, -0.05) is 121 Å². The Kier molecular flexibility index (Phi) is 17.9. The molecule has 6 atom stereocenters. The number of rotatable bonds is 22. The van der Waals surface area contributed by atoms with Crippen molar-refractivity contribution in [2.24, 2.45) is 17.8 Å². The van der Waals surface area contributed by atoms with Crippen molar-refractivity contribution in [2.45, 2.75) is 123 Å². The molecule has 6 N–H and O–H groups in total. The average Bonchev–Trinajstić information content (AvgIpc) is 3.12. The molecule has 0 unspecified atom stereocenters. The van der Waals surface area contributed by atoms with Crippen molar-refractivity contribution in [1.82, 2.24) is 21.3 Å². The Morgan fingerprint density at radius 3 is 1.98 bits per heavy atom. The number of aliphatic hydroxyl groups is 2. The summed E-state index contributed by atoms with van der Waals surface area (Å²) in [7, 11) is 0. The van der Waals surface area contributed by atoms with Crippen molar-refractivity contribution in [3.8, 4) is 0 Å². The van der Waals surface area contributed by atoms with Crippen LogP contribution in [0.2, 0.25) is 0 Å². The standard InChI is InChI=1S/C43H62N4O6/c1-7-30(6)38(27-48)45-41(51)26-39(49)35(23-28(2)3)46-42(52)36(24-29(4)5)47-43(53)37(25-33-20-14-19-32-18-11-12-21-34(32)33)44-40(50)22-13-17-31-15-9-8-10-16-31/h8-12,14-16,18-21,28-30,35-39,48-49H,7,13,17,22-27H2,1-6H3,(H,44,50)(H,45,51)(H,46,52)(H,47,53)/t30-,35-,36-,37-,38+,39-/m0/s1. The van der Waals surface area contributed by atoms with Crippen LogP contribution in [0.1, 0.15) is 91.2 Å². The molecule has 53 heavy (non-hydrogen) atoms. The molecule has 0 aliphatic carbocycles. The van der Waals surface area contributed by atoms with Crippen LogP contribution in [0.5, 0.6) is 0 Å². The van der Waals surface area contributed by atoms with Gasteiger partial charge in [0.1, 0.15) is 12.1 Å². The van der Waals surface area contributed by atoms with Crippen LogP contribution < -0.4 is 21.3 Å². The van der Waals surface area contributed by atoms with Crippen LogP contribution in [0.3, 0.4) is 0 Å². The number of aryl methyl sites for hydroxylation is 1. The molecule has 4 amide bonds. The van der Waals surface area contributed by atoms with Crippen LogP contribution in [0.15, 0.2) is 72.8 Å². The van der Waals surface area contributed by atoms with Gasteiger partial charge in [0.15, 0.2) is 0 Å². The molecule has 0 saturated heterocycles. The van der Waals surface area contributed by atoms with Crippen LogP contribution in [0.4, 0.5) is 0 Å². The molecule has 0 aromatic heterocycles. The highest BCUT2D eigenvalue weighted by Gasteiger charge is 2.32. The van der Waals surface area contributed by atoms with Gasteiger partial charge in [-0.2, -0.15) is 0 Å². The first-order valence-electron chi connectivity index (χ1n) is 19.3. The Bertz CT molecular complexity index is 1590. The van der Waals surface area contributed by atoms with Crippen molar-refractivity contribution in [2.75, 3.05) is 6.61 Å². The van der Waals surface area contributed by atoms with Crippen molar-refractivity contribution in [3.05, 3.63) is 83.9 Å². The molecule has 0 bridgehead atoms. The van der Waals surface area contributed by atoms with Gasteiger partial charge in [-0.05, 0) is 65.3 Å². The fourth-order valence-electron chi connectivity index (χ4n) is 6.59. The minimum atomic E-state index is -1.19. The molecule has 0 aliphatic rings. The molecule has 0 fully saturated rings. The third-order valence-electron chi connectivity index (χ3n) is 9.79. The van der Waals surface area contributed by atoms with Gasteiger partial charge in [0.25, 0.3) is 0 Å². The summed E-state index contributed by atoms with van der Waals surface area (Å²) in [6.07, 6.45) is 1.86. The molecule has 0 saturated carbocycles. The predicted octanol–water partition coefficient (Wildman–Crippen LogP) is 5.23. The maximum atomic E-state index is 14.1. The van der Waals surface area contributed by atoms with Crippen LogP contribution >= 0.6 is 0 Å². The third-order valence-corrected chi connectivity index (χ3v) is 9.79. The molecule has 10 nitrogen and oxygen atoms in total. The number of carbonyl (C=O) groups is 4. The first-order valence-corrected chi connectivity index (χ1v) is 19.3. The average molecular weight is 731 g/mol. The second-order valence-electron chi connectivity index (χ2n) is 15.3. The van der Waals surface area contributed by atoms with Crippen molar-refractivity contribution in [1.29, 1.82) is 0 Å². The summed E-state index contributed by atoms with van der Waals surface area (Å²) in [6.45, 7) is 11.5. The Morgan fingerprint density at radius 1 is 0.679 bits per heavy atom. The maximum Gasteiger partial charge on any atom is 0.243 e. The lowest BCUT2D eigenvalue weighted by Gasteiger charge is -2.30. The van der Waals surface area contributed by atoms with E-state index in [1.807, 2.05) is 114 Å². The highest BCUT2D eigenvalue weighted by molar-refractivity contribution is 5.93. The van der Waals surface area contributed by atoms with Gasteiger partial charge < -0.3 is 31.5 Å². The van der Waals surface area contributed by atoms with Gasteiger partial charge in [-0.3, -0.25) is 19.2 Å². The smallest absolute Gasteiger partial charge is 0.243 e. The Morgan fingerprint density at radius 2 is 1.32 bits per heavy atom. The van der Waals surface area contributed by atoms with Gasteiger partial charge in [0.05, 0.1) is 31.2 Å². The summed E-state index contributed by atoms with van der Waals surface area (Å²) in [5.41, 5.74) is 2.03. The molecular weight excluding hydrogens is 668 g/mol. The summed E-state index contributed by atoms with van der Waals surface area (Å²) in [5, 5.41) is 34.6. The van der Waals surface area contributed by atoms with E-state index in [9.17, 15) is 29.4 Å². The van der Waals surface area contributed by atoms with Gasteiger partial charge in [0.2, 0.25) is 23.6 Å². The fourth-order valence-corrected chi connectivity index (χ4v) is 6.59. The molecule has 0 radical (unpaired) electrons. The fraction of sp³-hybridized carbons (Fsp3) is 0.535. The van der Waals surface area contributed by atoms with Crippen LogP contribution in [-0.2, 0) is 32.0 Å². The summed E-state index contributed by atoms with van der Waals surface area (Å²) in [5.74, 6) is -1.44. The Balaban J connectivity index is 1.79. The first kappa shape index (κ1) is 43.1. The molecule has 3 aromatic rings. The summed E-state index contributed by atoms with van der Waals surface area (Å²) < 4.78 is 0. The van der Waals surface area contributed by atoms with Crippen LogP contribution in [0.25, 0.3) is 10.8 Å². The zero-order chi connectivity index (χ0) is 38.9. The minimum Gasteiger partial charge on any atom is -0.394 e. The van der Waals surface area contributed by atoms with Crippen molar-refractivity contribution >= 4 is 34.4 Å². The maximum absolute atomic E-state index is 14.1. The predicted molar refractivity (Wildman–Crippen MR) is 211 cm³/mol. The van der Waals surface area contributed by atoms with E-state index >= 15 is 0 Å². The molecule has 10 heteroatoms. The molecule has 0 spiro atoms. The number of benzene rings is 3. The van der Waals surface area contributed by atoms with E-state index in [1.54, 1.807) is 0 Å². The lowest BCUT2D eigenvalue weighted by molar-refractivity contribution is -0.133. The largest absolute Gasteiger partial charge is 0.394 e. The number of aliphatic hydroxyl groups excluding tert-OH is 2. The highest BCUT2D eigenvalue weighted by atomic mass is 16.3. The highest BCUT2D eigenvalue weighted by Crippen LogP contribution is 2.21. The Hall–Kier alpha value is -4.28. The summed E-state index contributed by atoms with van der Waals surface area (Å²) in [6, 6.07) is 20.6. The van der Waals surface area contributed by atoms with E-state index in [0.29, 0.717) is 19.3 Å². The number of hydrogen-bond acceptors (Lipinski definition) is 6. The van der Waals surface area contributed by atoms with Gasteiger partial charge in [0, 0.05) is 12.8 Å². The van der Waals surface area contributed by atoms with Gasteiger partial charge in [-0.25, -0.2) is 0 Å². The van der Waals surface area contributed by atoms with Crippen LogP contribution in [-0.4, -0.2) is 70.7 Å². The van der Waals surface area contributed by atoms with Gasteiger partial charge >= 0.3 is 0 Å². The number of amides is 4. The van der Waals surface area contributed by atoms with Gasteiger partial charge in [-0.15, -0.1) is 0 Å². The second-order valence-corrected chi connectivity index (χ2v) is 15.3. The summed E-state index contributed by atoms with van der Waals surface area (Å²) >= 11 is 0. The van der Waals surface area contributed by atoms with E-state index in [2.05, 4.69) is 21.3 Å². The lowest BCUT2D eigenvalue weighted by Crippen LogP contribution is -2.57. The summed E-state index contributed by atoms with van der Waals surface area (Å²) in [4.78, 5) is 54.3. The lowest BCUT2D eigenvalue weighted by atomic mass is 9.95.